The van der Waals surface area contributed by atoms with Crippen LogP contribution >= 0.6 is 0 Å². The monoisotopic (exact) mass is 303 g/mol. The average Bonchev–Trinajstić information content (AvgIpc) is 2.54. The fourth-order valence-electron chi connectivity index (χ4n) is 3.26. The van der Waals surface area contributed by atoms with Crippen molar-refractivity contribution in [2.24, 2.45) is 11.8 Å². The van der Waals surface area contributed by atoms with Crippen molar-refractivity contribution in [3.8, 4) is 5.75 Å². The largest absolute Gasteiger partial charge is 0.425 e. The maximum atomic E-state index is 12.2. The normalized spacial score (nSPS) is 21.5. The lowest BCUT2D eigenvalue weighted by Crippen LogP contribution is -2.25. The lowest BCUT2D eigenvalue weighted by molar-refractivity contribution is -0.140. The summed E-state index contributed by atoms with van der Waals surface area (Å²) in [4.78, 5) is 16.4. The Balaban J connectivity index is 1.69. The van der Waals surface area contributed by atoms with E-state index in [0.29, 0.717) is 5.75 Å². The number of rotatable bonds is 7. The predicted molar refractivity (Wildman–Crippen MR) is 88.8 cm³/mol. The third-order valence-electron chi connectivity index (χ3n) is 4.75. The topological polar surface area (TPSA) is 39.2 Å². The Kier molecular flexibility index (Phi) is 6.88. The van der Waals surface area contributed by atoms with Gasteiger partial charge in [-0.05, 0) is 50.7 Å². The van der Waals surface area contributed by atoms with Crippen molar-refractivity contribution in [2.45, 2.75) is 71.6 Å². The molecular formula is C19H29NO2. The minimum atomic E-state index is -0.0740. The van der Waals surface area contributed by atoms with Crippen LogP contribution in [0.2, 0.25) is 0 Å². The Labute approximate surface area is 134 Å². The summed E-state index contributed by atoms with van der Waals surface area (Å²) in [6.07, 6.45) is 12.7. The number of carbonyl (C=O) groups excluding carboxylic acids is 1. The molecule has 0 amide bonds. The van der Waals surface area contributed by atoms with Crippen molar-refractivity contribution in [3.05, 3.63) is 24.0 Å². The molecule has 2 rings (SSSR count). The van der Waals surface area contributed by atoms with Crippen molar-refractivity contribution < 1.29 is 9.53 Å². The zero-order valence-electron chi connectivity index (χ0n) is 14.0. The Morgan fingerprint density at radius 2 is 1.95 bits per heavy atom. The highest BCUT2D eigenvalue weighted by Crippen LogP contribution is 2.33. The van der Waals surface area contributed by atoms with E-state index in [1.165, 1.54) is 44.9 Å². The highest BCUT2D eigenvalue weighted by molar-refractivity contribution is 5.75. The second-order valence-corrected chi connectivity index (χ2v) is 6.62. The second-order valence-electron chi connectivity index (χ2n) is 6.62. The molecule has 3 nitrogen and oxygen atoms in total. The van der Waals surface area contributed by atoms with Crippen LogP contribution < -0.4 is 4.74 Å². The number of nitrogens with zero attached hydrogens (tertiary/aromatic N) is 1. The van der Waals surface area contributed by atoms with Gasteiger partial charge in [-0.3, -0.25) is 9.78 Å². The summed E-state index contributed by atoms with van der Waals surface area (Å²) in [5.74, 6) is 1.39. The van der Waals surface area contributed by atoms with Crippen LogP contribution in [0, 0.1) is 18.8 Å². The zero-order chi connectivity index (χ0) is 15.8. The van der Waals surface area contributed by atoms with Gasteiger partial charge < -0.3 is 4.74 Å². The molecule has 1 aromatic heterocycles. The Morgan fingerprint density at radius 1 is 1.18 bits per heavy atom. The molecule has 0 spiro atoms. The van der Waals surface area contributed by atoms with Gasteiger partial charge in [0.25, 0.3) is 0 Å². The molecule has 22 heavy (non-hydrogen) atoms. The van der Waals surface area contributed by atoms with Gasteiger partial charge in [0.2, 0.25) is 0 Å². The number of aryl methyl sites for hydroxylation is 1. The number of aromatic nitrogens is 1. The average molecular weight is 303 g/mol. The van der Waals surface area contributed by atoms with Crippen molar-refractivity contribution >= 4 is 5.97 Å². The van der Waals surface area contributed by atoms with Crippen molar-refractivity contribution in [3.63, 3.8) is 0 Å². The SMILES string of the molecule is CCCCCC[C@H]1CC[C@H](C(=O)Oc2ccc(C)nc2)CC1. The van der Waals surface area contributed by atoms with Crippen LogP contribution in [0.4, 0.5) is 0 Å². The summed E-state index contributed by atoms with van der Waals surface area (Å²) in [5.41, 5.74) is 0.934. The molecule has 1 fully saturated rings. The molecule has 0 bridgehead atoms. The van der Waals surface area contributed by atoms with E-state index in [0.717, 1.165) is 24.5 Å². The third kappa shape index (κ3) is 5.43. The summed E-state index contributed by atoms with van der Waals surface area (Å²) in [5, 5.41) is 0. The summed E-state index contributed by atoms with van der Waals surface area (Å²) < 4.78 is 5.46. The zero-order valence-corrected chi connectivity index (χ0v) is 14.0. The van der Waals surface area contributed by atoms with Gasteiger partial charge in [0.15, 0.2) is 0 Å². The Morgan fingerprint density at radius 3 is 2.59 bits per heavy atom. The van der Waals surface area contributed by atoms with Gasteiger partial charge in [-0.2, -0.15) is 0 Å². The standard InChI is InChI=1S/C19H29NO2/c1-3-4-5-6-7-16-9-11-17(12-10-16)19(21)22-18-13-8-15(2)20-14-18/h8,13-14,16-17H,3-7,9-12H2,1-2H3/t16-,17-. The van der Waals surface area contributed by atoms with Crippen LogP contribution in [0.3, 0.4) is 0 Å². The number of hydrogen-bond donors (Lipinski definition) is 0. The highest BCUT2D eigenvalue weighted by atomic mass is 16.5. The molecule has 0 unspecified atom stereocenters. The van der Waals surface area contributed by atoms with Crippen LogP contribution in [0.5, 0.6) is 5.75 Å². The number of ether oxygens (including phenoxy) is 1. The summed E-state index contributed by atoms with van der Waals surface area (Å²) in [7, 11) is 0. The predicted octanol–water partition coefficient (Wildman–Crippen LogP) is 5.07. The smallest absolute Gasteiger partial charge is 0.314 e. The van der Waals surface area contributed by atoms with Crippen LogP contribution in [0.15, 0.2) is 18.3 Å². The van der Waals surface area contributed by atoms with Gasteiger partial charge >= 0.3 is 5.97 Å². The molecule has 0 saturated heterocycles. The van der Waals surface area contributed by atoms with Crippen LogP contribution in [0.25, 0.3) is 0 Å². The molecule has 0 aromatic carbocycles. The quantitative estimate of drug-likeness (QED) is 0.521. The van der Waals surface area contributed by atoms with Gasteiger partial charge in [0.1, 0.15) is 5.75 Å². The van der Waals surface area contributed by atoms with Gasteiger partial charge in [-0.1, -0.05) is 39.0 Å². The van der Waals surface area contributed by atoms with E-state index >= 15 is 0 Å². The molecule has 1 saturated carbocycles. The first-order valence-electron chi connectivity index (χ1n) is 8.83. The van der Waals surface area contributed by atoms with Crippen LogP contribution in [-0.2, 0) is 4.79 Å². The van der Waals surface area contributed by atoms with E-state index in [1.54, 1.807) is 6.20 Å². The highest BCUT2D eigenvalue weighted by Gasteiger charge is 2.27. The maximum absolute atomic E-state index is 12.2. The molecule has 0 aliphatic heterocycles. The fraction of sp³-hybridized carbons (Fsp3) is 0.684. The lowest BCUT2D eigenvalue weighted by atomic mass is 9.80. The molecule has 1 heterocycles. The van der Waals surface area contributed by atoms with Gasteiger partial charge in [-0.25, -0.2) is 0 Å². The molecule has 0 radical (unpaired) electrons. The molecule has 122 valence electrons. The first-order chi connectivity index (χ1) is 10.7. The number of carbonyl (C=O) groups is 1. The van der Waals surface area contributed by atoms with E-state index in [9.17, 15) is 4.79 Å². The molecule has 1 aliphatic rings. The molecule has 0 N–H and O–H groups in total. The van der Waals surface area contributed by atoms with Crippen LogP contribution in [-0.4, -0.2) is 11.0 Å². The minimum Gasteiger partial charge on any atom is -0.425 e. The Bertz CT molecular complexity index is 447. The van der Waals surface area contributed by atoms with Crippen molar-refractivity contribution in [1.82, 2.24) is 4.98 Å². The van der Waals surface area contributed by atoms with E-state index < -0.39 is 0 Å². The molecule has 0 atom stereocenters. The summed E-state index contributed by atoms with van der Waals surface area (Å²) in [6, 6.07) is 3.69. The van der Waals surface area contributed by atoms with Gasteiger partial charge in [0, 0.05) is 5.69 Å². The van der Waals surface area contributed by atoms with E-state index in [1.807, 2.05) is 19.1 Å². The number of esters is 1. The van der Waals surface area contributed by atoms with Gasteiger partial charge in [0.05, 0.1) is 12.1 Å². The lowest BCUT2D eigenvalue weighted by Gasteiger charge is -2.27. The molecule has 1 aromatic rings. The van der Waals surface area contributed by atoms with Crippen molar-refractivity contribution in [2.75, 3.05) is 0 Å². The number of pyridine rings is 1. The van der Waals surface area contributed by atoms with Crippen molar-refractivity contribution in [1.29, 1.82) is 0 Å². The number of unbranched alkanes of at least 4 members (excludes halogenated alkanes) is 3. The van der Waals surface area contributed by atoms with E-state index in [-0.39, 0.29) is 11.9 Å². The molecular weight excluding hydrogens is 274 g/mol. The fourth-order valence-corrected chi connectivity index (χ4v) is 3.26. The van der Waals surface area contributed by atoms with Gasteiger partial charge in [-0.15, -0.1) is 0 Å². The van der Waals surface area contributed by atoms with Crippen LogP contribution in [0.1, 0.15) is 70.4 Å². The minimum absolute atomic E-state index is 0.0740. The Hall–Kier alpha value is -1.38. The second kappa shape index (κ2) is 8.92. The number of hydrogen-bond acceptors (Lipinski definition) is 3. The van der Waals surface area contributed by atoms with E-state index in [4.69, 9.17) is 4.74 Å². The third-order valence-corrected chi connectivity index (χ3v) is 4.75. The first kappa shape index (κ1) is 17.0. The molecule has 1 aliphatic carbocycles. The van der Waals surface area contributed by atoms with E-state index in [2.05, 4.69) is 11.9 Å². The maximum Gasteiger partial charge on any atom is 0.314 e. The molecule has 3 heteroatoms. The summed E-state index contributed by atoms with van der Waals surface area (Å²) >= 11 is 0. The first-order valence-corrected chi connectivity index (χ1v) is 8.83. The summed E-state index contributed by atoms with van der Waals surface area (Å²) in [6.45, 7) is 4.17.